The molecule has 11 heteroatoms. The lowest BCUT2D eigenvalue weighted by molar-refractivity contribution is -0.385. The fourth-order valence-corrected chi connectivity index (χ4v) is 5.57. The molecule has 5 N–H and O–H groups in total. The zero-order valence-electron chi connectivity index (χ0n) is 14.4. The van der Waals surface area contributed by atoms with Crippen LogP contribution >= 0.6 is 0 Å². The first-order chi connectivity index (χ1) is 12.4. The van der Waals surface area contributed by atoms with Gasteiger partial charge in [0.05, 0.1) is 24.7 Å². The molecule has 0 aromatic heterocycles. The average molecular weight is 426 g/mol. The van der Waals surface area contributed by atoms with Crippen LogP contribution in [-0.2, 0) is 22.2 Å². The van der Waals surface area contributed by atoms with Gasteiger partial charge in [-0.05, 0) is 5.56 Å². The van der Waals surface area contributed by atoms with E-state index in [1.807, 2.05) is 0 Å². The second-order valence-electron chi connectivity index (χ2n) is 6.18. The Labute approximate surface area is 165 Å². The van der Waals surface area contributed by atoms with Crippen LogP contribution in [0.3, 0.4) is 0 Å². The van der Waals surface area contributed by atoms with Crippen molar-refractivity contribution in [2.45, 2.75) is 36.3 Å². The van der Waals surface area contributed by atoms with Crippen LogP contribution in [0.25, 0.3) is 0 Å². The van der Waals surface area contributed by atoms with E-state index in [4.69, 9.17) is 4.74 Å². The fourth-order valence-electron chi connectivity index (χ4n) is 2.87. The molecule has 0 amide bonds. The number of aliphatic hydroxyl groups is 5. The highest BCUT2D eigenvalue weighted by atomic mass is 35.5. The molecular weight excluding hydrogens is 402 g/mol. The molecule has 1 aliphatic rings. The van der Waals surface area contributed by atoms with Crippen molar-refractivity contribution in [2.75, 3.05) is 24.7 Å². The molecule has 1 saturated heterocycles. The standard InChI is InChI=1S/C16H24NO8S.ClH/c18-5-14(25-7-10-2-1-3-11(4-10)17(23)24)12(20)8-26-9-13(21)16(22)15(26)6-19;/h1-4,12-16,18-22H,5-9H2;1H/q+1;/p-1/t12-,13-,14+,15-,16+,26?;/m1./s1. The van der Waals surface area contributed by atoms with E-state index in [1.54, 1.807) is 6.07 Å². The number of ether oxygens (including phenoxy) is 1. The second kappa shape index (κ2) is 11.1. The van der Waals surface area contributed by atoms with Crippen LogP contribution in [0.2, 0.25) is 0 Å². The third kappa shape index (κ3) is 6.26. The predicted octanol–water partition coefficient (Wildman–Crippen LogP) is -4.45. The molecule has 6 atom stereocenters. The number of halogens is 1. The Balaban J connectivity index is 0.00000364. The first-order valence-corrected chi connectivity index (χ1v) is 9.77. The lowest BCUT2D eigenvalue weighted by Crippen LogP contribution is -3.00. The Morgan fingerprint density at radius 2 is 2.04 bits per heavy atom. The van der Waals surface area contributed by atoms with Gasteiger partial charge in [0.1, 0.15) is 35.9 Å². The van der Waals surface area contributed by atoms with Crippen LogP contribution in [0.1, 0.15) is 5.56 Å². The van der Waals surface area contributed by atoms with Crippen molar-refractivity contribution in [3.63, 3.8) is 0 Å². The first-order valence-electron chi connectivity index (χ1n) is 8.14. The molecule has 0 radical (unpaired) electrons. The van der Waals surface area contributed by atoms with Gasteiger partial charge in [0.2, 0.25) is 0 Å². The number of benzene rings is 1. The molecule has 0 bridgehead atoms. The molecule has 1 fully saturated rings. The molecule has 9 nitrogen and oxygen atoms in total. The van der Waals surface area contributed by atoms with Gasteiger partial charge in [-0.1, -0.05) is 12.1 Å². The number of hydrogen-bond acceptors (Lipinski definition) is 8. The molecule has 1 aromatic carbocycles. The van der Waals surface area contributed by atoms with Gasteiger partial charge in [0.25, 0.3) is 5.69 Å². The normalized spacial score (nSPS) is 27.0. The number of nitro groups is 1. The summed E-state index contributed by atoms with van der Waals surface area (Å²) in [5.41, 5.74) is 0.459. The fraction of sp³-hybridized carbons (Fsp3) is 0.625. The average Bonchev–Trinajstić information content (AvgIpc) is 2.88. The van der Waals surface area contributed by atoms with Crippen molar-refractivity contribution >= 4 is 16.6 Å². The lowest BCUT2D eigenvalue weighted by atomic mass is 10.2. The Kier molecular flexibility index (Phi) is 9.91. The highest BCUT2D eigenvalue weighted by molar-refractivity contribution is 7.97. The number of nitro benzene ring substituents is 1. The summed E-state index contributed by atoms with van der Waals surface area (Å²) in [6.07, 6.45) is -3.96. The predicted molar refractivity (Wildman–Crippen MR) is 94.8 cm³/mol. The number of rotatable bonds is 9. The minimum atomic E-state index is -1.06. The van der Waals surface area contributed by atoms with E-state index in [0.29, 0.717) is 5.56 Å². The Morgan fingerprint density at radius 3 is 2.63 bits per heavy atom. The van der Waals surface area contributed by atoms with E-state index in [2.05, 4.69) is 0 Å². The molecule has 1 aliphatic heterocycles. The largest absolute Gasteiger partial charge is 1.00 e. The minimum absolute atomic E-state index is 0. The van der Waals surface area contributed by atoms with E-state index in [-0.39, 0.29) is 42.8 Å². The highest BCUT2D eigenvalue weighted by Gasteiger charge is 2.50. The summed E-state index contributed by atoms with van der Waals surface area (Å²) in [5.74, 6) is 0.437. The van der Waals surface area contributed by atoms with E-state index >= 15 is 0 Å². The van der Waals surface area contributed by atoms with Gasteiger partial charge in [-0.2, -0.15) is 0 Å². The molecular formula is C16H24ClNO8S. The minimum Gasteiger partial charge on any atom is -1.00 e. The number of hydrogen-bond donors (Lipinski definition) is 5. The van der Waals surface area contributed by atoms with Crippen LogP contribution in [0, 0.1) is 10.1 Å². The van der Waals surface area contributed by atoms with Crippen molar-refractivity contribution in [1.82, 2.24) is 0 Å². The maximum atomic E-state index is 10.8. The van der Waals surface area contributed by atoms with Gasteiger partial charge >= 0.3 is 0 Å². The van der Waals surface area contributed by atoms with Gasteiger partial charge < -0.3 is 42.7 Å². The van der Waals surface area contributed by atoms with Crippen LogP contribution < -0.4 is 12.4 Å². The van der Waals surface area contributed by atoms with Crippen molar-refractivity contribution < 1.29 is 47.6 Å². The molecule has 0 aliphatic carbocycles. The quantitative estimate of drug-likeness (QED) is 0.151. The maximum Gasteiger partial charge on any atom is 0.269 e. The van der Waals surface area contributed by atoms with Crippen molar-refractivity contribution in [1.29, 1.82) is 0 Å². The molecule has 1 unspecified atom stereocenters. The Morgan fingerprint density at radius 1 is 1.33 bits per heavy atom. The third-order valence-corrected chi connectivity index (χ3v) is 7.17. The topological polar surface area (TPSA) is 154 Å². The summed E-state index contributed by atoms with van der Waals surface area (Å²) in [4.78, 5) is 10.3. The van der Waals surface area contributed by atoms with Gasteiger partial charge in [0.15, 0.2) is 5.25 Å². The smallest absolute Gasteiger partial charge is 0.269 e. The van der Waals surface area contributed by atoms with Gasteiger partial charge in [-0.15, -0.1) is 0 Å². The molecule has 27 heavy (non-hydrogen) atoms. The van der Waals surface area contributed by atoms with E-state index < -0.39 is 52.1 Å². The van der Waals surface area contributed by atoms with E-state index in [9.17, 15) is 35.6 Å². The van der Waals surface area contributed by atoms with Crippen LogP contribution in [0.5, 0.6) is 0 Å². The first kappa shape index (κ1) is 24.1. The molecule has 1 heterocycles. The van der Waals surface area contributed by atoms with Crippen molar-refractivity contribution in [3.8, 4) is 0 Å². The summed E-state index contributed by atoms with van der Waals surface area (Å²) >= 11 is 0. The highest BCUT2D eigenvalue weighted by Crippen LogP contribution is 2.25. The van der Waals surface area contributed by atoms with Crippen LogP contribution in [0.4, 0.5) is 5.69 Å². The molecule has 154 valence electrons. The van der Waals surface area contributed by atoms with Gasteiger partial charge in [-0.3, -0.25) is 10.1 Å². The van der Waals surface area contributed by atoms with Crippen LogP contribution in [-0.4, -0.2) is 84.8 Å². The number of non-ortho nitro benzene ring substituents is 1. The summed E-state index contributed by atoms with van der Waals surface area (Å²) in [6.45, 7) is -0.777. The van der Waals surface area contributed by atoms with E-state index in [1.165, 1.54) is 18.2 Å². The zero-order chi connectivity index (χ0) is 19.3. The van der Waals surface area contributed by atoms with Crippen molar-refractivity contribution in [3.05, 3.63) is 39.9 Å². The van der Waals surface area contributed by atoms with Gasteiger partial charge in [0, 0.05) is 23.0 Å². The number of aliphatic hydroxyl groups excluding tert-OH is 5. The summed E-state index contributed by atoms with van der Waals surface area (Å²) in [7, 11) is -0.616. The van der Waals surface area contributed by atoms with E-state index in [0.717, 1.165) is 0 Å². The number of nitrogens with zero attached hydrogens (tertiary/aromatic N) is 1. The third-order valence-electron chi connectivity index (χ3n) is 4.35. The Bertz CT molecular complexity index is 610. The molecule has 0 spiro atoms. The summed E-state index contributed by atoms with van der Waals surface area (Å²) in [5, 5.41) is 59.0. The van der Waals surface area contributed by atoms with Gasteiger partial charge in [-0.25, -0.2) is 0 Å². The van der Waals surface area contributed by atoms with Crippen molar-refractivity contribution in [2.24, 2.45) is 0 Å². The zero-order valence-corrected chi connectivity index (χ0v) is 16.0. The molecule has 0 saturated carbocycles. The molecule has 2 rings (SSSR count). The monoisotopic (exact) mass is 425 g/mol. The SMILES string of the molecule is O=[N+]([O-])c1cccc(CO[C@@H](CO)[C@H](O)C[S+]2C[C@@H](O)[C@H](O)[C@H]2CO)c1.[Cl-]. The maximum absolute atomic E-state index is 10.8. The lowest BCUT2D eigenvalue weighted by Gasteiger charge is -2.22. The Hall–Kier alpha value is -0.980. The molecule has 1 aromatic rings. The summed E-state index contributed by atoms with van der Waals surface area (Å²) < 4.78 is 5.50. The second-order valence-corrected chi connectivity index (χ2v) is 8.52. The summed E-state index contributed by atoms with van der Waals surface area (Å²) in [6, 6.07) is 5.87. The van der Waals surface area contributed by atoms with Crippen LogP contribution in [0.15, 0.2) is 24.3 Å².